The summed E-state index contributed by atoms with van der Waals surface area (Å²) in [7, 11) is 0. The third-order valence-corrected chi connectivity index (χ3v) is 4.80. The molecule has 1 aliphatic rings. The van der Waals surface area contributed by atoms with E-state index < -0.39 is 11.9 Å². The molecule has 0 saturated carbocycles. The van der Waals surface area contributed by atoms with Gasteiger partial charge in [-0.2, -0.15) is 0 Å². The molecule has 2 N–H and O–H groups in total. The SMILES string of the molecule is CC1(C)Cc2cc(-c3cccc(F)c3Cl)ccc2C1NC(=O)O. The number of hydrogen-bond donors (Lipinski definition) is 2. The Morgan fingerprint density at radius 3 is 2.78 bits per heavy atom. The van der Waals surface area contributed by atoms with Gasteiger partial charge in [0.1, 0.15) is 5.82 Å². The highest BCUT2D eigenvalue weighted by atomic mass is 35.5. The average Bonchev–Trinajstić information content (AvgIpc) is 2.71. The summed E-state index contributed by atoms with van der Waals surface area (Å²) in [6.07, 6.45) is -0.290. The van der Waals surface area contributed by atoms with Gasteiger partial charge in [0.15, 0.2) is 0 Å². The van der Waals surface area contributed by atoms with Crippen LogP contribution in [-0.4, -0.2) is 11.2 Å². The summed E-state index contributed by atoms with van der Waals surface area (Å²) in [5, 5.41) is 11.8. The number of hydrogen-bond acceptors (Lipinski definition) is 1. The number of carbonyl (C=O) groups is 1. The standard InChI is InChI=1S/C18H17ClFNO2/c1-18(2)9-11-8-10(12-4-3-5-14(20)15(12)19)6-7-13(11)16(18)21-17(22)23/h3-8,16,21H,9H2,1-2H3,(H,22,23). The fourth-order valence-electron chi connectivity index (χ4n) is 3.35. The topological polar surface area (TPSA) is 49.3 Å². The van der Waals surface area contributed by atoms with Crippen molar-refractivity contribution >= 4 is 17.7 Å². The number of halogens is 2. The molecule has 5 heteroatoms. The molecule has 3 rings (SSSR count). The number of rotatable bonds is 2. The van der Waals surface area contributed by atoms with Crippen LogP contribution < -0.4 is 5.32 Å². The first kappa shape index (κ1) is 15.8. The lowest BCUT2D eigenvalue weighted by Crippen LogP contribution is -2.34. The Morgan fingerprint density at radius 1 is 1.35 bits per heavy atom. The molecule has 0 aromatic heterocycles. The number of benzene rings is 2. The van der Waals surface area contributed by atoms with Crippen molar-refractivity contribution in [1.29, 1.82) is 0 Å². The van der Waals surface area contributed by atoms with Gasteiger partial charge in [-0.1, -0.05) is 55.8 Å². The Bertz CT molecular complexity index is 789. The Kier molecular flexibility index (Phi) is 3.80. The van der Waals surface area contributed by atoms with Crippen LogP contribution in [0.25, 0.3) is 11.1 Å². The molecule has 1 amide bonds. The minimum absolute atomic E-state index is 0.102. The predicted molar refractivity (Wildman–Crippen MR) is 88.2 cm³/mol. The van der Waals surface area contributed by atoms with Crippen molar-refractivity contribution in [3.63, 3.8) is 0 Å². The lowest BCUT2D eigenvalue weighted by molar-refractivity contribution is 0.175. The van der Waals surface area contributed by atoms with Gasteiger partial charge in [-0.25, -0.2) is 9.18 Å². The number of fused-ring (bicyclic) bond motifs is 1. The second-order valence-corrected chi connectivity index (χ2v) is 6.94. The second kappa shape index (κ2) is 5.53. The zero-order chi connectivity index (χ0) is 16.8. The maximum Gasteiger partial charge on any atom is 0.405 e. The van der Waals surface area contributed by atoms with Crippen LogP contribution in [0.4, 0.5) is 9.18 Å². The van der Waals surface area contributed by atoms with E-state index in [1.165, 1.54) is 6.07 Å². The van der Waals surface area contributed by atoms with E-state index in [9.17, 15) is 9.18 Å². The van der Waals surface area contributed by atoms with Gasteiger partial charge < -0.3 is 10.4 Å². The lowest BCUT2D eigenvalue weighted by Gasteiger charge is -2.27. The summed E-state index contributed by atoms with van der Waals surface area (Å²) < 4.78 is 13.7. The van der Waals surface area contributed by atoms with E-state index >= 15 is 0 Å². The van der Waals surface area contributed by atoms with Crippen molar-refractivity contribution in [3.05, 3.63) is 58.4 Å². The summed E-state index contributed by atoms with van der Waals surface area (Å²) in [5.74, 6) is -0.449. The molecule has 1 atom stereocenters. The molecule has 23 heavy (non-hydrogen) atoms. The third-order valence-electron chi connectivity index (χ3n) is 4.41. The van der Waals surface area contributed by atoms with Crippen molar-refractivity contribution in [2.45, 2.75) is 26.3 Å². The van der Waals surface area contributed by atoms with Crippen molar-refractivity contribution in [2.24, 2.45) is 5.41 Å². The van der Waals surface area contributed by atoms with Crippen LogP contribution in [0.2, 0.25) is 5.02 Å². The predicted octanol–water partition coefficient (Wildman–Crippen LogP) is 5.04. The molecule has 0 spiro atoms. The Labute approximate surface area is 139 Å². The van der Waals surface area contributed by atoms with E-state index in [1.807, 2.05) is 32.0 Å². The van der Waals surface area contributed by atoms with Gasteiger partial charge in [0.05, 0.1) is 11.1 Å². The van der Waals surface area contributed by atoms with Gasteiger partial charge in [-0.05, 0) is 34.6 Å². The van der Waals surface area contributed by atoms with E-state index in [2.05, 4.69) is 5.32 Å². The largest absolute Gasteiger partial charge is 0.465 e. The molecular formula is C18H17ClFNO2. The van der Waals surface area contributed by atoms with E-state index in [-0.39, 0.29) is 16.5 Å². The highest BCUT2D eigenvalue weighted by Gasteiger charge is 2.40. The van der Waals surface area contributed by atoms with Crippen molar-refractivity contribution in [3.8, 4) is 11.1 Å². The first-order valence-corrected chi connectivity index (χ1v) is 7.74. The fourth-order valence-corrected chi connectivity index (χ4v) is 3.58. The Morgan fingerprint density at radius 2 is 2.09 bits per heavy atom. The molecule has 0 saturated heterocycles. The van der Waals surface area contributed by atoms with Crippen LogP contribution in [-0.2, 0) is 6.42 Å². The van der Waals surface area contributed by atoms with Gasteiger partial charge in [-0.15, -0.1) is 0 Å². The molecular weight excluding hydrogens is 317 g/mol. The van der Waals surface area contributed by atoms with Gasteiger partial charge in [0.2, 0.25) is 0 Å². The van der Waals surface area contributed by atoms with Crippen LogP contribution >= 0.6 is 11.6 Å². The highest BCUT2D eigenvalue weighted by Crippen LogP contribution is 2.46. The van der Waals surface area contributed by atoms with Gasteiger partial charge in [-0.3, -0.25) is 0 Å². The Balaban J connectivity index is 2.05. The maximum atomic E-state index is 13.7. The molecule has 2 aromatic carbocycles. The van der Waals surface area contributed by atoms with E-state index in [0.717, 1.165) is 23.1 Å². The van der Waals surface area contributed by atoms with Crippen LogP contribution in [0, 0.1) is 11.2 Å². The highest BCUT2D eigenvalue weighted by molar-refractivity contribution is 6.33. The molecule has 0 bridgehead atoms. The van der Waals surface area contributed by atoms with E-state index in [4.69, 9.17) is 16.7 Å². The zero-order valence-corrected chi connectivity index (χ0v) is 13.6. The van der Waals surface area contributed by atoms with Crippen LogP contribution in [0.3, 0.4) is 0 Å². The lowest BCUT2D eigenvalue weighted by atomic mass is 9.85. The zero-order valence-electron chi connectivity index (χ0n) is 12.9. The number of nitrogens with one attached hydrogen (secondary N) is 1. The Hall–Kier alpha value is -2.07. The minimum atomic E-state index is -1.03. The number of carboxylic acid groups (broad SMARTS) is 1. The van der Waals surface area contributed by atoms with Gasteiger partial charge in [0.25, 0.3) is 0 Å². The summed E-state index contributed by atoms with van der Waals surface area (Å²) in [5.41, 5.74) is 3.28. The first-order valence-electron chi connectivity index (χ1n) is 7.36. The molecule has 0 aliphatic heterocycles. The first-order chi connectivity index (χ1) is 10.8. The monoisotopic (exact) mass is 333 g/mol. The quantitative estimate of drug-likeness (QED) is 0.809. The van der Waals surface area contributed by atoms with Crippen molar-refractivity contribution < 1.29 is 14.3 Å². The summed E-state index contributed by atoms with van der Waals surface area (Å²) in [4.78, 5) is 11.1. The summed E-state index contributed by atoms with van der Waals surface area (Å²) in [6.45, 7) is 4.06. The molecule has 3 nitrogen and oxygen atoms in total. The summed E-state index contributed by atoms with van der Waals surface area (Å²) in [6, 6.07) is 10.2. The smallest absolute Gasteiger partial charge is 0.405 e. The molecule has 0 radical (unpaired) electrons. The average molecular weight is 334 g/mol. The molecule has 1 aliphatic carbocycles. The summed E-state index contributed by atoms with van der Waals surface area (Å²) >= 11 is 6.07. The molecule has 0 fully saturated rings. The molecule has 2 aromatic rings. The van der Waals surface area contributed by atoms with Gasteiger partial charge in [0, 0.05) is 5.56 Å². The number of amides is 1. The van der Waals surface area contributed by atoms with Crippen molar-refractivity contribution in [1.82, 2.24) is 5.32 Å². The normalized spacial score (nSPS) is 18.5. The van der Waals surface area contributed by atoms with Crippen LogP contribution in [0.15, 0.2) is 36.4 Å². The van der Waals surface area contributed by atoms with Crippen molar-refractivity contribution in [2.75, 3.05) is 0 Å². The van der Waals surface area contributed by atoms with Crippen LogP contribution in [0.5, 0.6) is 0 Å². The van der Waals surface area contributed by atoms with E-state index in [0.29, 0.717) is 5.56 Å². The minimum Gasteiger partial charge on any atom is -0.465 e. The van der Waals surface area contributed by atoms with Gasteiger partial charge >= 0.3 is 6.09 Å². The maximum absolute atomic E-state index is 13.7. The van der Waals surface area contributed by atoms with E-state index in [1.54, 1.807) is 12.1 Å². The molecule has 120 valence electrons. The second-order valence-electron chi connectivity index (χ2n) is 6.56. The molecule has 0 heterocycles. The molecule has 1 unspecified atom stereocenters. The fraction of sp³-hybridized carbons (Fsp3) is 0.278. The van der Waals surface area contributed by atoms with Crippen LogP contribution in [0.1, 0.15) is 31.0 Å². The third kappa shape index (κ3) is 2.79.